The lowest BCUT2D eigenvalue weighted by atomic mass is 9.98. The van der Waals surface area contributed by atoms with E-state index in [2.05, 4.69) is 21.2 Å². The Labute approximate surface area is 124 Å². The zero-order chi connectivity index (χ0) is 14.8. The Bertz CT molecular complexity index is 595. The van der Waals surface area contributed by atoms with Gasteiger partial charge in [-0.3, -0.25) is 0 Å². The molecule has 0 aliphatic heterocycles. The lowest BCUT2D eigenvalue weighted by Crippen LogP contribution is -2.19. The molecule has 5 heteroatoms. The lowest BCUT2D eigenvalue weighted by molar-refractivity contribution is -0.136. The van der Waals surface area contributed by atoms with Gasteiger partial charge in [-0.25, -0.2) is 0 Å². The molecular weight excluding hydrogens is 331 g/mol. The smallest absolute Gasteiger partial charge is 0.313 e. The molecule has 0 aliphatic carbocycles. The molecule has 0 heterocycles. The van der Waals surface area contributed by atoms with Crippen molar-refractivity contribution in [2.75, 3.05) is 7.05 Å². The van der Waals surface area contributed by atoms with E-state index in [0.29, 0.717) is 0 Å². The summed E-state index contributed by atoms with van der Waals surface area (Å²) in [6.45, 7) is 0. The molecule has 0 spiro atoms. The minimum absolute atomic E-state index is 0.0437. The van der Waals surface area contributed by atoms with Crippen LogP contribution >= 0.6 is 15.9 Å². The van der Waals surface area contributed by atoms with Gasteiger partial charge in [-0.2, -0.15) is 13.2 Å². The Morgan fingerprint density at radius 3 is 2.40 bits per heavy atom. The van der Waals surface area contributed by atoms with Crippen LogP contribution in [0.1, 0.15) is 24.4 Å². The summed E-state index contributed by atoms with van der Waals surface area (Å²) in [7, 11) is 1.69. The third-order valence-electron chi connectivity index (χ3n) is 3.29. The van der Waals surface area contributed by atoms with Crippen LogP contribution in [0.2, 0.25) is 0 Å². The van der Waals surface area contributed by atoms with E-state index >= 15 is 0 Å². The van der Waals surface area contributed by atoms with Crippen molar-refractivity contribution in [2.45, 2.75) is 25.1 Å². The third-order valence-corrected chi connectivity index (χ3v) is 3.79. The maximum absolute atomic E-state index is 12.3. The van der Waals surface area contributed by atoms with Gasteiger partial charge in [0.05, 0.1) is 0 Å². The second-order valence-corrected chi connectivity index (χ2v) is 5.66. The van der Waals surface area contributed by atoms with Crippen molar-refractivity contribution in [2.24, 2.45) is 0 Å². The standard InChI is InChI=1S/C15H15BrF3N/c1-20-14(6-7-15(17,18)19)12-3-2-11-9-13(16)5-4-10(11)8-12/h2-5,8-9,14,20H,6-7H2,1H3. The SMILES string of the molecule is CNC(CCC(F)(F)F)c1ccc2cc(Br)ccc2c1. The molecule has 2 aromatic rings. The van der Waals surface area contributed by atoms with Gasteiger partial charge in [0.25, 0.3) is 0 Å². The van der Waals surface area contributed by atoms with Gasteiger partial charge in [0.1, 0.15) is 0 Å². The van der Waals surface area contributed by atoms with Gasteiger partial charge in [-0.05, 0) is 48.0 Å². The van der Waals surface area contributed by atoms with Crippen LogP contribution in [0.15, 0.2) is 40.9 Å². The lowest BCUT2D eigenvalue weighted by Gasteiger charge is -2.18. The molecule has 1 N–H and O–H groups in total. The van der Waals surface area contributed by atoms with Crippen LogP contribution < -0.4 is 5.32 Å². The second kappa shape index (κ2) is 6.14. The van der Waals surface area contributed by atoms with Crippen LogP contribution in [0.5, 0.6) is 0 Å². The highest BCUT2D eigenvalue weighted by atomic mass is 79.9. The maximum Gasteiger partial charge on any atom is 0.389 e. The summed E-state index contributed by atoms with van der Waals surface area (Å²) in [4.78, 5) is 0. The molecular formula is C15H15BrF3N. The van der Waals surface area contributed by atoms with E-state index in [9.17, 15) is 13.2 Å². The quantitative estimate of drug-likeness (QED) is 0.802. The van der Waals surface area contributed by atoms with Gasteiger partial charge in [0, 0.05) is 16.9 Å². The maximum atomic E-state index is 12.3. The molecule has 2 rings (SSSR count). The Hall–Kier alpha value is -1.07. The molecule has 1 atom stereocenters. The van der Waals surface area contributed by atoms with Crippen LogP contribution in [0, 0.1) is 0 Å². The third kappa shape index (κ3) is 3.96. The molecule has 2 aromatic carbocycles. The molecule has 1 unspecified atom stereocenters. The second-order valence-electron chi connectivity index (χ2n) is 4.75. The van der Waals surface area contributed by atoms with E-state index in [0.717, 1.165) is 20.8 Å². The van der Waals surface area contributed by atoms with E-state index < -0.39 is 12.6 Å². The fourth-order valence-corrected chi connectivity index (χ4v) is 2.62. The van der Waals surface area contributed by atoms with Crippen LogP contribution in [0.4, 0.5) is 13.2 Å². The highest BCUT2D eigenvalue weighted by Crippen LogP contribution is 2.29. The first-order valence-electron chi connectivity index (χ1n) is 6.32. The number of fused-ring (bicyclic) bond motifs is 1. The first-order valence-corrected chi connectivity index (χ1v) is 7.11. The summed E-state index contributed by atoms with van der Waals surface area (Å²) in [5.74, 6) is 0. The van der Waals surface area contributed by atoms with Crippen molar-refractivity contribution in [1.29, 1.82) is 0 Å². The van der Waals surface area contributed by atoms with E-state index in [1.807, 2.05) is 36.4 Å². The van der Waals surface area contributed by atoms with Crippen molar-refractivity contribution in [3.8, 4) is 0 Å². The molecule has 0 aromatic heterocycles. The van der Waals surface area contributed by atoms with Crippen molar-refractivity contribution in [1.82, 2.24) is 5.32 Å². The van der Waals surface area contributed by atoms with Crippen molar-refractivity contribution in [3.05, 3.63) is 46.4 Å². The fourth-order valence-electron chi connectivity index (χ4n) is 2.24. The number of rotatable bonds is 4. The largest absolute Gasteiger partial charge is 0.389 e. The number of hydrogen-bond acceptors (Lipinski definition) is 1. The molecule has 0 bridgehead atoms. The molecule has 0 saturated carbocycles. The summed E-state index contributed by atoms with van der Waals surface area (Å²) in [6, 6.07) is 11.3. The van der Waals surface area contributed by atoms with Crippen LogP contribution in [-0.2, 0) is 0 Å². The predicted octanol–water partition coefficient (Wildman–Crippen LogP) is 5.21. The Kier molecular flexibility index (Phi) is 4.70. The van der Waals surface area contributed by atoms with Gasteiger partial charge >= 0.3 is 6.18 Å². The number of benzene rings is 2. The van der Waals surface area contributed by atoms with Gasteiger partial charge in [-0.15, -0.1) is 0 Å². The van der Waals surface area contributed by atoms with Crippen LogP contribution in [0.25, 0.3) is 10.8 Å². The normalized spacial score (nSPS) is 13.7. The first-order chi connectivity index (χ1) is 9.39. The molecule has 0 fully saturated rings. The highest BCUT2D eigenvalue weighted by molar-refractivity contribution is 9.10. The molecule has 20 heavy (non-hydrogen) atoms. The van der Waals surface area contributed by atoms with E-state index in [-0.39, 0.29) is 12.5 Å². The van der Waals surface area contributed by atoms with E-state index in [4.69, 9.17) is 0 Å². The molecule has 0 radical (unpaired) electrons. The number of hydrogen-bond donors (Lipinski definition) is 1. The Morgan fingerprint density at radius 1 is 1.10 bits per heavy atom. The van der Waals surface area contributed by atoms with E-state index in [1.54, 1.807) is 7.05 Å². The minimum Gasteiger partial charge on any atom is -0.313 e. The molecule has 0 aliphatic rings. The summed E-state index contributed by atoms with van der Waals surface area (Å²) in [6.07, 6.45) is -4.85. The van der Waals surface area contributed by atoms with E-state index in [1.165, 1.54) is 0 Å². The summed E-state index contributed by atoms with van der Waals surface area (Å²) in [5, 5.41) is 5.05. The fraction of sp³-hybridized carbons (Fsp3) is 0.333. The average molecular weight is 346 g/mol. The van der Waals surface area contributed by atoms with Gasteiger partial charge < -0.3 is 5.32 Å². The predicted molar refractivity (Wildman–Crippen MR) is 78.7 cm³/mol. The number of nitrogens with one attached hydrogen (secondary N) is 1. The van der Waals surface area contributed by atoms with Crippen LogP contribution in [0.3, 0.4) is 0 Å². The van der Waals surface area contributed by atoms with Crippen molar-refractivity contribution >= 4 is 26.7 Å². The van der Waals surface area contributed by atoms with Crippen LogP contribution in [-0.4, -0.2) is 13.2 Å². The topological polar surface area (TPSA) is 12.0 Å². The summed E-state index contributed by atoms with van der Waals surface area (Å²) in [5.41, 5.74) is 0.881. The number of halogens is 4. The molecule has 1 nitrogen and oxygen atoms in total. The zero-order valence-corrected chi connectivity index (χ0v) is 12.6. The number of alkyl halides is 3. The minimum atomic E-state index is -4.11. The van der Waals surface area contributed by atoms with Gasteiger partial charge in [-0.1, -0.05) is 34.1 Å². The molecule has 108 valence electrons. The first kappa shape index (κ1) is 15.3. The molecule has 0 saturated heterocycles. The van der Waals surface area contributed by atoms with Crippen molar-refractivity contribution < 1.29 is 13.2 Å². The summed E-state index contributed by atoms with van der Waals surface area (Å²) >= 11 is 3.40. The highest BCUT2D eigenvalue weighted by Gasteiger charge is 2.28. The summed E-state index contributed by atoms with van der Waals surface area (Å²) < 4.78 is 38.0. The van der Waals surface area contributed by atoms with Gasteiger partial charge in [0.2, 0.25) is 0 Å². The Balaban J connectivity index is 2.23. The van der Waals surface area contributed by atoms with Gasteiger partial charge in [0.15, 0.2) is 0 Å². The Morgan fingerprint density at radius 2 is 1.75 bits per heavy atom. The molecule has 0 amide bonds. The van der Waals surface area contributed by atoms with Crippen molar-refractivity contribution in [3.63, 3.8) is 0 Å². The zero-order valence-electron chi connectivity index (χ0n) is 11.0. The average Bonchev–Trinajstić information content (AvgIpc) is 2.38. The monoisotopic (exact) mass is 345 g/mol.